The van der Waals surface area contributed by atoms with Gasteiger partial charge in [-0.2, -0.15) is 0 Å². The van der Waals surface area contributed by atoms with Gasteiger partial charge in [0, 0.05) is 21.8 Å². The van der Waals surface area contributed by atoms with Gasteiger partial charge in [0.1, 0.15) is 0 Å². The Morgan fingerprint density at radius 1 is 1.35 bits per heavy atom. The van der Waals surface area contributed by atoms with Crippen LogP contribution in [0.5, 0.6) is 0 Å². The van der Waals surface area contributed by atoms with E-state index >= 15 is 0 Å². The third-order valence-corrected chi connectivity index (χ3v) is 4.51. The summed E-state index contributed by atoms with van der Waals surface area (Å²) in [5.41, 5.74) is 0. The molecule has 1 aromatic heterocycles. The first-order chi connectivity index (χ1) is 9.38. The highest BCUT2D eigenvalue weighted by atomic mass is 32.1. The summed E-state index contributed by atoms with van der Waals surface area (Å²) >= 11 is 1.78. The largest absolute Gasteiger partial charge is 0.303 e. The Kier molecular flexibility index (Phi) is 4.60. The molecule has 4 nitrogen and oxygen atoms in total. The van der Waals surface area contributed by atoms with Crippen LogP contribution in [0.1, 0.15) is 36.9 Å². The summed E-state index contributed by atoms with van der Waals surface area (Å²) < 4.78 is 0. The number of aryl methyl sites for hydroxylation is 1. The summed E-state index contributed by atoms with van der Waals surface area (Å²) in [6.45, 7) is 7.89. The van der Waals surface area contributed by atoms with Crippen LogP contribution in [0.4, 0.5) is 0 Å². The first-order valence-electron chi connectivity index (χ1n) is 7.05. The van der Waals surface area contributed by atoms with E-state index in [2.05, 4.69) is 31.3 Å². The van der Waals surface area contributed by atoms with E-state index in [0.29, 0.717) is 0 Å². The van der Waals surface area contributed by atoms with Crippen LogP contribution in [0.25, 0.3) is 0 Å². The van der Waals surface area contributed by atoms with Gasteiger partial charge in [0.2, 0.25) is 11.8 Å². The van der Waals surface area contributed by atoms with Crippen molar-refractivity contribution in [2.45, 2.75) is 58.7 Å². The van der Waals surface area contributed by atoms with Gasteiger partial charge in [0.25, 0.3) is 0 Å². The SMILES string of the molecule is Cc1ccc(CC(C)NC2CC(=O)N(C(C)C)C2=O)s1. The van der Waals surface area contributed by atoms with Gasteiger partial charge in [-0.1, -0.05) is 0 Å². The lowest BCUT2D eigenvalue weighted by molar-refractivity contribution is -0.140. The van der Waals surface area contributed by atoms with Crippen molar-refractivity contribution in [3.05, 3.63) is 21.9 Å². The van der Waals surface area contributed by atoms with Crippen LogP contribution >= 0.6 is 11.3 Å². The highest BCUT2D eigenvalue weighted by molar-refractivity contribution is 7.11. The molecule has 1 saturated heterocycles. The third-order valence-electron chi connectivity index (χ3n) is 3.49. The number of nitrogens with one attached hydrogen (secondary N) is 1. The lowest BCUT2D eigenvalue weighted by atomic mass is 10.1. The standard InChI is InChI=1S/C15H22N2O2S/c1-9(2)17-14(18)8-13(15(17)19)16-10(3)7-12-6-5-11(4)20-12/h5-6,9-10,13,16H,7-8H2,1-4H3. The second-order valence-electron chi connectivity index (χ2n) is 5.74. The van der Waals surface area contributed by atoms with Crippen molar-refractivity contribution < 1.29 is 9.59 Å². The fraction of sp³-hybridized carbons (Fsp3) is 0.600. The Balaban J connectivity index is 1.93. The number of imide groups is 1. The second kappa shape index (κ2) is 6.06. The van der Waals surface area contributed by atoms with Crippen molar-refractivity contribution >= 4 is 23.2 Å². The highest BCUT2D eigenvalue weighted by Gasteiger charge is 2.40. The number of amides is 2. The molecule has 1 N–H and O–H groups in total. The Bertz CT molecular complexity index is 510. The fourth-order valence-corrected chi connectivity index (χ4v) is 3.64. The van der Waals surface area contributed by atoms with Crippen LogP contribution in [0.3, 0.4) is 0 Å². The maximum absolute atomic E-state index is 12.2. The van der Waals surface area contributed by atoms with E-state index in [1.165, 1.54) is 14.7 Å². The van der Waals surface area contributed by atoms with Crippen LogP contribution < -0.4 is 5.32 Å². The Morgan fingerprint density at radius 3 is 2.55 bits per heavy atom. The predicted molar refractivity (Wildman–Crippen MR) is 80.8 cm³/mol. The number of hydrogen-bond donors (Lipinski definition) is 1. The Morgan fingerprint density at radius 2 is 2.05 bits per heavy atom. The molecular weight excluding hydrogens is 272 g/mol. The molecule has 0 aliphatic carbocycles. The quantitative estimate of drug-likeness (QED) is 0.846. The smallest absolute Gasteiger partial charge is 0.247 e. The molecule has 0 saturated carbocycles. The minimum Gasteiger partial charge on any atom is -0.303 e. The Hall–Kier alpha value is -1.20. The molecule has 0 spiro atoms. The zero-order valence-corrected chi connectivity index (χ0v) is 13.3. The van der Waals surface area contributed by atoms with Crippen molar-refractivity contribution in [1.82, 2.24) is 10.2 Å². The summed E-state index contributed by atoms with van der Waals surface area (Å²) in [4.78, 5) is 28.0. The number of carbonyl (C=O) groups excluding carboxylic acids is 2. The molecule has 2 rings (SSSR count). The van der Waals surface area contributed by atoms with E-state index in [-0.39, 0.29) is 36.4 Å². The molecule has 110 valence electrons. The molecule has 1 aliphatic rings. The van der Waals surface area contributed by atoms with Gasteiger partial charge >= 0.3 is 0 Å². The van der Waals surface area contributed by atoms with Gasteiger partial charge in [-0.3, -0.25) is 14.5 Å². The molecule has 1 aromatic rings. The topological polar surface area (TPSA) is 49.4 Å². The first-order valence-corrected chi connectivity index (χ1v) is 7.87. The summed E-state index contributed by atoms with van der Waals surface area (Å²) in [5, 5.41) is 3.30. The van der Waals surface area contributed by atoms with E-state index in [9.17, 15) is 9.59 Å². The van der Waals surface area contributed by atoms with E-state index in [0.717, 1.165) is 6.42 Å². The lowest BCUT2D eigenvalue weighted by Gasteiger charge is -2.21. The molecule has 0 bridgehead atoms. The lowest BCUT2D eigenvalue weighted by Crippen LogP contribution is -2.45. The molecule has 2 amide bonds. The minimum absolute atomic E-state index is 0.0583. The maximum Gasteiger partial charge on any atom is 0.247 e. The molecular formula is C15H22N2O2S. The average Bonchev–Trinajstić information content (AvgIpc) is 2.84. The van der Waals surface area contributed by atoms with Crippen LogP contribution in [0.15, 0.2) is 12.1 Å². The van der Waals surface area contributed by atoms with Crippen molar-refractivity contribution in [2.24, 2.45) is 0 Å². The number of carbonyl (C=O) groups is 2. The van der Waals surface area contributed by atoms with E-state index in [4.69, 9.17) is 0 Å². The molecule has 2 unspecified atom stereocenters. The molecule has 2 heterocycles. The first kappa shape index (κ1) is 15.2. The average molecular weight is 294 g/mol. The molecule has 5 heteroatoms. The van der Waals surface area contributed by atoms with Crippen molar-refractivity contribution in [2.75, 3.05) is 0 Å². The molecule has 2 atom stereocenters. The summed E-state index contributed by atoms with van der Waals surface area (Å²) in [6.07, 6.45) is 1.17. The maximum atomic E-state index is 12.2. The van der Waals surface area contributed by atoms with Crippen LogP contribution in [0, 0.1) is 6.92 Å². The molecule has 1 aliphatic heterocycles. The molecule has 0 radical (unpaired) electrons. The van der Waals surface area contributed by atoms with Gasteiger partial charge < -0.3 is 5.32 Å². The van der Waals surface area contributed by atoms with Crippen molar-refractivity contribution in [3.8, 4) is 0 Å². The zero-order chi connectivity index (χ0) is 14.9. The number of likely N-dealkylation sites (tertiary alicyclic amines) is 1. The Labute approximate surface area is 124 Å². The number of nitrogens with zero attached hydrogens (tertiary/aromatic N) is 1. The minimum atomic E-state index is -0.360. The van der Waals surface area contributed by atoms with Crippen LogP contribution in [0.2, 0.25) is 0 Å². The summed E-state index contributed by atoms with van der Waals surface area (Å²) in [5.74, 6) is -0.152. The van der Waals surface area contributed by atoms with Gasteiger partial charge in [-0.15, -0.1) is 11.3 Å². The molecule has 0 aromatic carbocycles. The third kappa shape index (κ3) is 3.27. The normalized spacial score (nSPS) is 21.1. The van der Waals surface area contributed by atoms with E-state index < -0.39 is 0 Å². The highest BCUT2D eigenvalue weighted by Crippen LogP contribution is 2.19. The molecule has 1 fully saturated rings. The molecule has 20 heavy (non-hydrogen) atoms. The van der Waals surface area contributed by atoms with Gasteiger partial charge in [0.15, 0.2) is 0 Å². The van der Waals surface area contributed by atoms with Gasteiger partial charge in [0.05, 0.1) is 12.5 Å². The number of rotatable bonds is 5. The van der Waals surface area contributed by atoms with E-state index in [1.807, 2.05) is 13.8 Å². The van der Waals surface area contributed by atoms with Gasteiger partial charge in [-0.05, 0) is 46.2 Å². The van der Waals surface area contributed by atoms with Crippen molar-refractivity contribution in [1.29, 1.82) is 0 Å². The monoisotopic (exact) mass is 294 g/mol. The van der Waals surface area contributed by atoms with Crippen molar-refractivity contribution in [3.63, 3.8) is 0 Å². The number of thiophene rings is 1. The number of hydrogen-bond acceptors (Lipinski definition) is 4. The summed E-state index contributed by atoms with van der Waals surface area (Å²) in [6, 6.07) is 4.00. The van der Waals surface area contributed by atoms with Crippen LogP contribution in [-0.4, -0.2) is 34.8 Å². The van der Waals surface area contributed by atoms with E-state index in [1.54, 1.807) is 11.3 Å². The fourth-order valence-electron chi connectivity index (χ4n) is 2.62. The predicted octanol–water partition coefficient (Wildman–Crippen LogP) is 2.11. The second-order valence-corrected chi connectivity index (χ2v) is 7.11. The van der Waals surface area contributed by atoms with Gasteiger partial charge in [-0.25, -0.2) is 0 Å². The summed E-state index contributed by atoms with van der Waals surface area (Å²) in [7, 11) is 0. The van der Waals surface area contributed by atoms with Crippen LogP contribution in [-0.2, 0) is 16.0 Å². The zero-order valence-electron chi connectivity index (χ0n) is 12.5.